The molecule has 1 amide bonds. The number of hydrogen-bond acceptors (Lipinski definition) is 2. The van der Waals surface area contributed by atoms with Crippen molar-refractivity contribution < 1.29 is 9.53 Å². The van der Waals surface area contributed by atoms with E-state index in [-0.39, 0.29) is 6.09 Å². The number of carbonyl (C=O) groups is 1. The van der Waals surface area contributed by atoms with Crippen LogP contribution in [0.25, 0.3) is 0 Å². The van der Waals surface area contributed by atoms with E-state index in [1.807, 2.05) is 42.2 Å². The zero-order valence-corrected chi connectivity index (χ0v) is 11.7. The van der Waals surface area contributed by atoms with Crippen molar-refractivity contribution in [3.63, 3.8) is 0 Å². The van der Waals surface area contributed by atoms with E-state index in [1.54, 1.807) is 0 Å². The van der Waals surface area contributed by atoms with Crippen molar-refractivity contribution in [3.8, 4) is 5.75 Å². The highest BCUT2D eigenvalue weighted by Gasteiger charge is 2.21. The SMILES string of the molecule is CCN(CC1CCCCC1)C(=O)Oc1ccccc1. The number of carbonyl (C=O) groups excluding carboxylic acids is 1. The van der Waals surface area contributed by atoms with Gasteiger partial charge in [0.15, 0.2) is 0 Å². The third-order valence-corrected chi connectivity index (χ3v) is 3.79. The molecule has 0 bridgehead atoms. The van der Waals surface area contributed by atoms with Gasteiger partial charge in [-0.15, -0.1) is 0 Å². The van der Waals surface area contributed by atoms with Crippen LogP contribution in [0.2, 0.25) is 0 Å². The molecule has 1 aliphatic carbocycles. The maximum Gasteiger partial charge on any atom is 0.415 e. The van der Waals surface area contributed by atoms with Gasteiger partial charge in [-0.3, -0.25) is 0 Å². The first kappa shape index (κ1) is 13.9. The molecule has 1 aromatic carbocycles. The van der Waals surface area contributed by atoms with Crippen LogP contribution in [0.4, 0.5) is 4.79 Å². The molecule has 104 valence electrons. The molecule has 0 spiro atoms. The summed E-state index contributed by atoms with van der Waals surface area (Å²) in [7, 11) is 0. The molecular weight excluding hydrogens is 238 g/mol. The second-order valence-corrected chi connectivity index (χ2v) is 5.22. The van der Waals surface area contributed by atoms with Crippen LogP contribution in [-0.4, -0.2) is 24.1 Å². The second kappa shape index (κ2) is 7.17. The molecule has 0 saturated heterocycles. The Morgan fingerprint density at radius 2 is 1.89 bits per heavy atom. The van der Waals surface area contributed by atoms with Crippen molar-refractivity contribution in [1.82, 2.24) is 4.90 Å². The Hall–Kier alpha value is -1.51. The summed E-state index contributed by atoms with van der Waals surface area (Å²) in [5, 5.41) is 0. The van der Waals surface area contributed by atoms with Crippen LogP contribution in [0, 0.1) is 5.92 Å². The van der Waals surface area contributed by atoms with Crippen molar-refractivity contribution in [2.75, 3.05) is 13.1 Å². The smallest absolute Gasteiger partial charge is 0.410 e. The Balaban J connectivity index is 1.87. The highest BCUT2D eigenvalue weighted by Crippen LogP contribution is 2.24. The number of hydrogen-bond donors (Lipinski definition) is 0. The lowest BCUT2D eigenvalue weighted by Crippen LogP contribution is -2.37. The van der Waals surface area contributed by atoms with Gasteiger partial charge >= 0.3 is 6.09 Å². The lowest BCUT2D eigenvalue weighted by atomic mass is 9.89. The predicted octanol–water partition coefficient (Wildman–Crippen LogP) is 4.09. The fourth-order valence-corrected chi connectivity index (χ4v) is 2.67. The number of nitrogens with zero attached hydrogens (tertiary/aromatic N) is 1. The van der Waals surface area contributed by atoms with Crippen molar-refractivity contribution in [2.24, 2.45) is 5.92 Å². The molecule has 0 radical (unpaired) electrons. The van der Waals surface area contributed by atoms with Crippen molar-refractivity contribution in [3.05, 3.63) is 30.3 Å². The molecule has 0 unspecified atom stereocenters. The van der Waals surface area contributed by atoms with E-state index in [0.29, 0.717) is 18.2 Å². The average Bonchev–Trinajstić information content (AvgIpc) is 2.47. The Morgan fingerprint density at radius 3 is 2.53 bits per heavy atom. The van der Waals surface area contributed by atoms with Gasteiger partial charge in [0, 0.05) is 13.1 Å². The quantitative estimate of drug-likeness (QED) is 0.817. The lowest BCUT2D eigenvalue weighted by molar-refractivity contribution is 0.140. The van der Waals surface area contributed by atoms with Gasteiger partial charge in [0.2, 0.25) is 0 Å². The summed E-state index contributed by atoms with van der Waals surface area (Å²) >= 11 is 0. The van der Waals surface area contributed by atoms with E-state index >= 15 is 0 Å². The summed E-state index contributed by atoms with van der Waals surface area (Å²) in [4.78, 5) is 13.9. The van der Waals surface area contributed by atoms with Crippen molar-refractivity contribution >= 4 is 6.09 Å². The first-order chi connectivity index (χ1) is 9.29. The molecular formula is C16H23NO2. The van der Waals surface area contributed by atoms with Gasteiger partial charge in [0.25, 0.3) is 0 Å². The zero-order chi connectivity index (χ0) is 13.5. The Morgan fingerprint density at radius 1 is 1.21 bits per heavy atom. The van der Waals surface area contributed by atoms with E-state index in [2.05, 4.69) is 0 Å². The third-order valence-electron chi connectivity index (χ3n) is 3.79. The van der Waals surface area contributed by atoms with Gasteiger partial charge in [-0.2, -0.15) is 0 Å². The van der Waals surface area contributed by atoms with Crippen LogP contribution in [0.3, 0.4) is 0 Å². The number of ether oxygens (including phenoxy) is 1. The van der Waals surface area contributed by atoms with Gasteiger partial charge in [0.1, 0.15) is 5.75 Å². The van der Waals surface area contributed by atoms with E-state index < -0.39 is 0 Å². The Kier molecular flexibility index (Phi) is 5.25. The highest BCUT2D eigenvalue weighted by molar-refractivity contribution is 5.70. The van der Waals surface area contributed by atoms with Gasteiger partial charge in [0.05, 0.1) is 0 Å². The van der Waals surface area contributed by atoms with Gasteiger partial charge < -0.3 is 9.64 Å². The predicted molar refractivity (Wildman–Crippen MR) is 76.3 cm³/mol. The zero-order valence-electron chi connectivity index (χ0n) is 11.7. The molecule has 1 saturated carbocycles. The molecule has 0 atom stereocenters. The van der Waals surface area contributed by atoms with Crippen LogP contribution >= 0.6 is 0 Å². The normalized spacial score (nSPS) is 16.1. The van der Waals surface area contributed by atoms with E-state index in [1.165, 1.54) is 32.1 Å². The lowest BCUT2D eigenvalue weighted by Gasteiger charge is -2.28. The summed E-state index contributed by atoms with van der Waals surface area (Å²) in [6.07, 6.45) is 6.21. The monoisotopic (exact) mass is 261 g/mol. The fraction of sp³-hybridized carbons (Fsp3) is 0.562. The van der Waals surface area contributed by atoms with Gasteiger partial charge in [-0.05, 0) is 37.8 Å². The molecule has 0 N–H and O–H groups in total. The first-order valence-electron chi connectivity index (χ1n) is 7.31. The number of para-hydroxylation sites is 1. The fourth-order valence-electron chi connectivity index (χ4n) is 2.67. The number of rotatable bonds is 4. The summed E-state index contributed by atoms with van der Waals surface area (Å²) in [5.41, 5.74) is 0. The minimum absolute atomic E-state index is 0.223. The highest BCUT2D eigenvalue weighted by atomic mass is 16.6. The standard InChI is InChI=1S/C16H23NO2/c1-2-17(13-14-9-5-3-6-10-14)16(18)19-15-11-7-4-8-12-15/h4,7-8,11-12,14H,2-3,5-6,9-10,13H2,1H3. The third kappa shape index (κ3) is 4.27. The summed E-state index contributed by atoms with van der Waals surface area (Å²) in [5.74, 6) is 1.27. The first-order valence-corrected chi connectivity index (χ1v) is 7.31. The van der Waals surface area contributed by atoms with Crippen LogP contribution in [0.1, 0.15) is 39.0 Å². The maximum absolute atomic E-state index is 12.1. The van der Waals surface area contributed by atoms with Gasteiger partial charge in [-0.25, -0.2) is 4.79 Å². The van der Waals surface area contributed by atoms with E-state index in [4.69, 9.17) is 4.74 Å². The molecule has 3 heteroatoms. The molecule has 1 aromatic rings. The van der Waals surface area contributed by atoms with Gasteiger partial charge in [-0.1, -0.05) is 37.5 Å². The molecule has 1 aliphatic rings. The summed E-state index contributed by atoms with van der Waals surface area (Å²) in [6, 6.07) is 9.29. The Bertz CT molecular complexity index is 385. The van der Waals surface area contributed by atoms with E-state index in [9.17, 15) is 4.79 Å². The Labute approximate surface area is 115 Å². The average molecular weight is 261 g/mol. The minimum Gasteiger partial charge on any atom is -0.410 e. The minimum atomic E-state index is -0.223. The summed E-state index contributed by atoms with van der Waals surface area (Å²) in [6.45, 7) is 3.55. The topological polar surface area (TPSA) is 29.5 Å². The summed E-state index contributed by atoms with van der Waals surface area (Å²) < 4.78 is 5.40. The molecule has 19 heavy (non-hydrogen) atoms. The van der Waals surface area contributed by atoms with Crippen LogP contribution in [-0.2, 0) is 0 Å². The molecule has 1 fully saturated rings. The van der Waals surface area contributed by atoms with E-state index in [0.717, 1.165) is 6.54 Å². The molecule has 0 aliphatic heterocycles. The van der Waals surface area contributed by atoms with Crippen LogP contribution in [0.15, 0.2) is 30.3 Å². The second-order valence-electron chi connectivity index (χ2n) is 5.22. The molecule has 3 nitrogen and oxygen atoms in total. The molecule has 0 heterocycles. The van der Waals surface area contributed by atoms with Crippen LogP contribution in [0.5, 0.6) is 5.75 Å². The number of benzene rings is 1. The molecule has 0 aromatic heterocycles. The van der Waals surface area contributed by atoms with Crippen molar-refractivity contribution in [2.45, 2.75) is 39.0 Å². The number of amides is 1. The van der Waals surface area contributed by atoms with Crippen LogP contribution < -0.4 is 4.74 Å². The molecule has 2 rings (SSSR count). The largest absolute Gasteiger partial charge is 0.415 e. The maximum atomic E-state index is 12.1. The van der Waals surface area contributed by atoms with Crippen molar-refractivity contribution in [1.29, 1.82) is 0 Å².